The van der Waals surface area contributed by atoms with Crippen molar-refractivity contribution in [3.05, 3.63) is 75.8 Å². The van der Waals surface area contributed by atoms with Crippen LogP contribution in [0.1, 0.15) is 36.8 Å². The smallest absolute Gasteiger partial charge is 0.410 e. The van der Waals surface area contributed by atoms with Crippen molar-refractivity contribution >= 4 is 34.9 Å². The van der Waals surface area contributed by atoms with E-state index in [0.29, 0.717) is 16.7 Å². The van der Waals surface area contributed by atoms with Crippen LogP contribution in [0.4, 0.5) is 4.79 Å². The number of fused-ring (bicyclic) bond motifs is 2. The minimum Gasteiger partial charge on any atom is -0.445 e. The molecule has 5 heteroatoms. The van der Waals surface area contributed by atoms with E-state index in [4.69, 9.17) is 27.9 Å². The molecule has 2 atom stereocenters. The Hall–Kier alpha value is -1.97. The van der Waals surface area contributed by atoms with E-state index in [0.717, 1.165) is 36.8 Å². The lowest BCUT2D eigenvalue weighted by Crippen LogP contribution is -2.51. The Morgan fingerprint density at radius 3 is 2.67 bits per heavy atom. The second-order valence-electron chi connectivity index (χ2n) is 7.10. The monoisotopic (exact) mass is 401 g/mol. The fraction of sp³-hybridized carbons (Fsp3) is 0.318. The summed E-state index contributed by atoms with van der Waals surface area (Å²) >= 11 is 12.6. The van der Waals surface area contributed by atoms with Crippen molar-refractivity contribution in [2.24, 2.45) is 0 Å². The maximum Gasteiger partial charge on any atom is 0.410 e. The normalized spacial score (nSPS) is 21.6. The maximum atomic E-state index is 12.8. The summed E-state index contributed by atoms with van der Waals surface area (Å²) in [5.41, 5.74) is 3.14. The molecule has 2 aromatic rings. The maximum absolute atomic E-state index is 12.8. The van der Waals surface area contributed by atoms with Gasteiger partial charge in [0.05, 0.1) is 16.1 Å². The molecule has 1 fully saturated rings. The summed E-state index contributed by atoms with van der Waals surface area (Å²) in [4.78, 5) is 14.7. The summed E-state index contributed by atoms with van der Waals surface area (Å²) in [7, 11) is 0. The van der Waals surface area contributed by atoms with Crippen molar-refractivity contribution in [2.75, 3.05) is 0 Å². The van der Waals surface area contributed by atoms with E-state index in [-0.39, 0.29) is 18.2 Å². The third kappa shape index (κ3) is 3.85. The zero-order valence-corrected chi connectivity index (χ0v) is 16.4. The number of carbonyl (C=O) groups is 1. The number of benzene rings is 2. The Bertz CT molecular complexity index is 866. The molecule has 3 nitrogen and oxygen atoms in total. The average molecular weight is 402 g/mol. The number of amides is 1. The number of hydrogen-bond acceptors (Lipinski definition) is 2. The lowest BCUT2D eigenvalue weighted by atomic mass is 9.83. The summed E-state index contributed by atoms with van der Waals surface area (Å²) in [6.07, 6.45) is 5.74. The van der Waals surface area contributed by atoms with Crippen molar-refractivity contribution in [2.45, 2.75) is 44.4 Å². The second kappa shape index (κ2) is 7.95. The topological polar surface area (TPSA) is 29.5 Å². The van der Waals surface area contributed by atoms with E-state index in [1.165, 1.54) is 5.57 Å². The zero-order chi connectivity index (χ0) is 18.8. The Kier molecular flexibility index (Phi) is 5.42. The molecule has 140 valence electrons. The van der Waals surface area contributed by atoms with Crippen LogP contribution in [0.3, 0.4) is 0 Å². The highest BCUT2D eigenvalue weighted by Gasteiger charge is 2.38. The molecule has 4 rings (SSSR count). The van der Waals surface area contributed by atoms with Gasteiger partial charge in [-0.15, -0.1) is 0 Å². The first kappa shape index (κ1) is 18.4. The average Bonchev–Trinajstić information content (AvgIpc) is 2.68. The number of piperidine rings is 1. The predicted octanol–water partition coefficient (Wildman–Crippen LogP) is 6.34. The summed E-state index contributed by atoms with van der Waals surface area (Å²) in [6, 6.07) is 15.7. The molecule has 0 radical (unpaired) electrons. The fourth-order valence-corrected chi connectivity index (χ4v) is 4.48. The van der Waals surface area contributed by atoms with E-state index < -0.39 is 0 Å². The van der Waals surface area contributed by atoms with Crippen molar-refractivity contribution in [1.29, 1.82) is 0 Å². The van der Waals surface area contributed by atoms with Crippen LogP contribution in [0.15, 0.2) is 54.6 Å². The molecule has 2 bridgehead atoms. The minimum atomic E-state index is -0.235. The predicted molar refractivity (Wildman–Crippen MR) is 109 cm³/mol. The van der Waals surface area contributed by atoms with Crippen LogP contribution in [0.25, 0.3) is 5.57 Å². The SMILES string of the molecule is O=C(OCc1ccccc1)N1C2C=C(c3cccc(Cl)c3Cl)CC1CCC2. The van der Waals surface area contributed by atoms with Crippen LogP contribution in [0, 0.1) is 0 Å². The molecule has 0 N–H and O–H groups in total. The van der Waals surface area contributed by atoms with Gasteiger partial charge >= 0.3 is 6.09 Å². The van der Waals surface area contributed by atoms with Gasteiger partial charge in [-0.05, 0) is 48.4 Å². The van der Waals surface area contributed by atoms with Crippen LogP contribution in [-0.4, -0.2) is 23.1 Å². The molecular formula is C22H21Cl2NO2. The van der Waals surface area contributed by atoms with Crippen LogP contribution < -0.4 is 0 Å². The molecule has 1 saturated heterocycles. The number of rotatable bonds is 3. The molecule has 0 spiro atoms. The molecule has 0 saturated carbocycles. The van der Waals surface area contributed by atoms with Gasteiger partial charge in [0.2, 0.25) is 0 Å². The van der Waals surface area contributed by atoms with Crippen molar-refractivity contribution in [3.8, 4) is 0 Å². The lowest BCUT2D eigenvalue weighted by Gasteiger charge is -2.44. The fourth-order valence-electron chi connectivity index (χ4n) is 4.06. The van der Waals surface area contributed by atoms with E-state index in [1.54, 1.807) is 6.07 Å². The van der Waals surface area contributed by atoms with Gasteiger partial charge in [-0.3, -0.25) is 4.90 Å². The molecule has 2 aliphatic heterocycles. The Morgan fingerprint density at radius 1 is 1.07 bits per heavy atom. The summed E-state index contributed by atoms with van der Waals surface area (Å²) in [6.45, 7) is 0.298. The number of ether oxygens (including phenoxy) is 1. The molecular weight excluding hydrogens is 381 g/mol. The quantitative estimate of drug-likeness (QED) is 0.600. The number of halogens is 2. The third-order valence-electron chi connectivity index (χ3n) is 5.35. The van der Waals surface area contributed by atoms with E-state index >= 15 is 0 Å². The second-order valence-corrected chi connectivity index (χ2v) is 7.88. The van der Waals surface area contributed by atoms with Gasteiger partial charge in [0, 0.05) is 6.04 Å². The third-order valence-corrected chi connectivity index (χ3v) is 6.17. The molecule has 1 amide bonds. The van der Waals surface area contributed by atoms with Gasteiger partial charge in [-0.2, -0.15) is 0 Å². The first-order valence-electron chi connectivity index (χ1n) is 9.27. The molecule has 2 aromatic carbocycles. The summed E-state index contributed by atoms with van der Waals surface area (Å²) < 4.78 is 5.60. The largest absolute Gasteiger partial charge is 0.445 e. The van der Waals surface area contributed by atoms with E-state index in [9.17, 15) is 4.79 Å². The van der Waals surface area contributed by atoms with Gasteiger partial charge in [0.1, 0.15) is 6.61 Å². The molecule has 2 heterocycles. The summed E-state index contributed by atoms with van der Waals surface area (Å²) in [5.74, 6) is 0. The highest BCUT2D eigenvalue weighted by atomic mass is 35.5. The van der Waals surface area contributed by atoms with Gasteiger partial charge in [0.15, 0.2) is 0 Å². The van der Waals surface area contributed by atoms with Gasteiger partial charge in [-0.25, -0.2) is 4.79 Å². The lowest BCUT2D eigenvalue weighted by molar-refractivity contribution is 0.0510. The van der Waals surface area contributed by atoms with Crippen LogP contribution >= 0.6 is 23.2 Å². The standard InChI is InChI=1S/C22H21Cl2NO2/c23-20-11-5-10-19(21(20)24)16-12-17-8-4-9-18(13-16)25(17)22(26)27-14-15-6-2-1-3-7-15/h1-3,5-7,10-12,17-18H,4,8-9,13-14H2. The highest BCUT2D eigenvalue weighted by molar-refractivity contribution is 6.43. The first-order chi connectivity index (χ1) is 13.1. The summed E-state index contributed by atoms with van der Waals surface area (Å²) in [5, 5.41) is 1.15. The Balaban J connectivity index is 1.53. The molecule has 2 aliphatic rings. The molecule has 0 aliphatic carbocycles. The van der Waals surface area contributed by atoms with E-state index in [2.05, 4.69) is 6.08 Å². The van der Waals surface area contributed by atoms with Crippen molar-refractivity contribution in [3.63, 3.8) is 0 Å². The molecule has 0 aromatic heterocycles. The number of hydrogen-bond donors (Lipinski definition) is 0. The molecule has 27 heavy (non-hydrogen) atoms. The number of nitrogens with zero attached hydrogens (tertiary/aromatic N) is 1. The zero-order valence-electron chi connectivity index (χ0n) is 14.9. The van der Waals surface area contributed by atoms with Gasteiger partial charge in [-0.1, -0.05) is 71.7 Å². The highest BCUT2D eigenvalue weighted by Crippen LogP contribution is 2.40. The minimum absolute atomic E-state index is 0.0471. The Labute approximate surface area is 169 Å². The van der Waals surface area contributed by atoms with E-state index in [1.807, 2.05) is 47.4 Å². The van der Waals surface area contributed by atoms with Crippen LogP contribution in [0.2, 0.25) is 10.0 Å². The Morgan fingerprint density at radius 2 is 1.89 bits per heavy atom. The molecule has 2 unspecified atom stereocenters. The number of carbonyl (C=O) groups excluding carboxylic acids is 1. The van der Waals surface area contributed by atoms with Crippen molar-refractivity contribution in [1.82, 2.24) is 4.90 Å². The van der Waals surface area contributed by atoms with Crippen molar-refractivity contribution < 1.29 is 9.53 Å². The van der Waals surface area contributed by atoms with Gasteiger partial charge in [0.25, 0.3) is 0 Å². The van der Waals surface area contributed by atoms with Crippen LogP contribution in [-0.2, 0) is 11.3 Å². The van der Waals surface area contributed by atoms with Crippen LogP contribution in [0.5, 0.6) is 0 Å². The first-order valence-corrected chi connectivity index (χ1v) is 10.0. The van der Waals surface area contributed by atoms with Gasteiger partial charge < -0.3 is 4.74 Å².